The van der Waals surface area contributed by atoms with Gasteiger partial charge in [-0.3, -0.25) is 4.98 Å². The van der Waals surface area contributed by atoms with Crippen molar-refractivity contribution in [2.75, 3.05) is 0 Å². The van der Waals surface area contributed by atoms with Crippen LogP contribution in [0.5, 0.6) is 5.75 Å². The molecule has 1 heterocycles. The summed E-state index contributed by atoms with van der Waals surface area (Å²) < 4.78 is 0. The molecule has 0 saturated heterocycles. The van der Waals surface area contributed by atoms with Crippen molar-refractivity contribution >= 4 is 0 Å². The van der Waals surface area contributed by atoms with Gasteiger partial charge in [0.15, 0.2) is 0 Å². The fraction of sp³-hybridized carbons (Fsp3) is 0.125. The number of rotatable bonds is 2. The van der Waals surface area contributed by atoms with Gasteiger partial charge in [0.05, 0.1) is 6.20 Å². The van der Waals surface area contributed by atoms with Crippen molar-refractivity contribution in [2.24, 2.45) is 0 Å². The van der Waals surface area contributed by atoms with Gasteiger partial charge in [0.1, 0.15) is 5.75 Å². The topological polar surface area (TPSA) is 33.1 Å². The summed E-state index contributed by atoms with van der Waals surface area (Å²) in [5.74, 6) is 0.231. The Labute approximate surface area is 59.9 Å². The highest BCUT2D eigenvalue weighted by molar-refractivity contribution is 5.28. The number of hydrogen-bond acceptors (Lipinski definition) is 2. The molecule has 1 rings (SSSR count). The molecule has 0 fully saturated rings. The maximum atomic E-state index is 9.12. The van der Waals surface area contributed by atoms with Crippen LogP contribution in [0.3, 0.4) is 0 Å². The highest BCUT2D eigenvalue weighted by Gasteiger charge is 1.95. The van der Waals surface area contributed by atoms with Crippen LogP contribution in [-0.4, -0.2) is 10.1 Å². The fourth-order valence-corrected chi connectivity index (χ4v) is 0.675. The van der Waals surface area contributed by atoms with Crippen LogP contribution in [0.15, 0.2) is 24.9 Å². The number of hydrogen-bond donors (Lipinski definition) is 1. The highest BCUT2D eigenvalue weighted by Crippen LogP contribution is 2.13. The lowest BCUT2D eigenvalue weighted by Crippen LogP contribution is -1.83. The number of nitrogens with zero attached hydrogens (tertiary/aromatic N) is 1. The van der Waals surface area contributed by atoms with Gasteiger partial charge in [-0.25, -0.2) is 0 Å². The molecule has 0 amide bonds. The van der Waals surface area contributed by atoms with Gasteiger partial charge in [-0.1, -0.05) is 6.08 Å². The van der Waals surface area contributed by atoms with Gasteiger partial charge in [0, 0.05) is 11.8 Å². The number of pyridine rings is 1. The van der Waals surface area contributed by atoms with Crippen molar-refractivity contribution in [2.45, 2.75) is 6.42 Å². The van der Waals surface area contributed by atoms with E-state index in [1.807, 2.05) is 0 Å². The SMILES string of the molecule is C=CCc1[c]nccc1O. The average Bonchev–Trinajstić information content (AvgIpc) is 1.94. The second-order valence-electron chi connectivity index (χ2n) is 1.91. The molecule has 2 nitrogen and oxygen atoms in total. The Morgan fingerprint density at radius 2 is 2.60 bits per heavy atom. The summed E-state index contributed by atoms with van der Waals surface area (Å²) in [6.07, 6.45) is 6.48. The quantitative estimate of drug-likeness (QED) is 0.619. The van der Waals surface area contributed by atoms with Crippen LogP contribution < -0.4 is 0 Å². The average molecular weight is 134 g/mol. The van der Waals surface area contributed by atoms with E-state index >= 15 is 0 Å². The molecule has 0 aliphatic carbocycles. The highest BCUT2D eigenvalue weighted by atomic mass is 16.3. The van der Waals surface area contributed by atoms with Gasteiger partial charge in [0.2, 0.25) is 0 Å². The lowest BCUT2D eigenvalue weighted by molar-refractivity contribution is 0.468. The molecule has 1 aromatic heterocycles. The largest absolute Gasteiger partial charge is 0.508 e. The molecule has 1 N–H and O–H groups in total. The molecular weight excluding hydrogens is 126 g/mol. The Morgan fingerprint density at radius 3 is 3.20 bits per heavy atom. The maximum absolute atomic E-state index is 9.12. The van der Waals surface area contributed by atoms with Crippen molar-refractivity contribution in [1.82, 2.24) is 4.98 Å². The van der Waals surface area contributed by atoms with Gasteiger partial charge in [0.25, 0.3) is 0 Å². The first kappa shape index (κ1) is 6.81. The van der Waals surface area contributed by atoms with Crippen molar-refractivity contribution in [3.8, 4) is 5.75 Å². The summed E-state index contributed by atoms with van der Waals surface area (Å²) >= 11 is 0. The van der Waals surface area contributed by atoms with Gasteiger partial charge in [-0.05, 0) is 12.5 Å². The van der Waals surface area contributed by atoms with Crippen molar-refractivity contribution in [1.29, 1.82) is 0 Å². The molecule has 51 valence electrons. The van der Waals surface area contributed by atoms with E-state index in [9.17, 15) is 0 Å². The standard InChI is InChI=1S/C8H8NO/c1-2-3-7-6-9-5-4-8(7)10/h2,4-5H,1,3H2,(H,9,10). The van der Waals surface area contributed by atoms with E-state index in [0.717, 1.165) is 0 Å². The first-order chi connectivity index (χ1) is 4.84. The lowest BCUT2D eigenvalue weighted by Gasteiger charge is -1.96. The predicted molar refractivity (Wildman–Crippen MR) is 38.6 cm³/mol. The van der Waals surface area contributed by atoms with Crippen molar-refractivity contribution in [3.05, 3.63) is 36.7 Å². The first-order valence-electron chi connectivity index (χ1n) is 3.00. The summed E-state index contributed by atoms with van der Waals surface area (Å²) in [5.41, 5.74) is 0.692. The smallest absolute Gasteiger partial charge is 0.122 e. The zero-order chi connectivity index (χ0) is 7.40. The molecule has 0 aliphatic heterocycles. The Bertz CT molecular complexity index is 232. The molecule has 10 heavy (non-hydrogen) atoms. The molecule has 0 unspecified atom stereocenters. The van der Waals surface area contributed by atoms with Crippen molar-refractivity contribution in [3.63, 3.8) is 0 Å². The van der Waals surface area contributed by atoms with Crippen LogP contribution in [0.2, 0.25) is 0 Å². The van der Waals surface area contributed by atoms with Crippen LogP contribution in [0.1, 0.15) is 5.56 Å². The van der Waals surface area contributed by atoms with E-state index in [0.29, 0.717) is 12.0 Å². The number of aromatic nitrogens is 1. The zero-order valence-electron chi connectivity index (χ0n) is 5.54. The van der Waals surface area contributed by atoms with E-state index < -0.39 is 0 Å². The van der Waals surface area contributed by atoms with Crippen LogP contribution in [0.4, 0.5) is 0 Å². The van der Waals surface area contributed by atoms with E-state index in [-0.39, 0.29) is 5.75 Å². The van der Waals surface area contributed by atoms with E-state index in [1.165, 1.54) is 12.3 Å². The summed E-state index contributed by atoms with van der Waals surface area (Å²) in [6.45, 7) is 3.54. The molecule has 0 bridgehead atoms. The summed E-state index contributed by atoms with van der Waals surface area (Å²) in [4.78, 5) is 3.73. The summed E-state index contributed by atoms with van der Waals surface area (Å²) in [7, 11) is 0. The lowest BCUT2D eigenvalue weighted by atomic mass is 10.2. The third kappa shape index (κ3) is 1.35. The Balaban J connectivity index is 2.91. The molecular formula is C8H8NO. The van der Waals surface area contributed by atoms with Gasteiger partial charge < -0.3 is 5.11 Å². The van der Waals surface area contributed by atoms with Crippen LogP contribution in [0, 0.1) is 6.20 Å². The minimum absolute atomic E-state index is 0.231. The van der Waals surface area contributed by atoms with Gasteiger partial charge in [-0.2, -0.15) is 0 Å². The summed E-state index contributed by atoms with van der Waals surface area (Å²) in [6, 6.07) is 1.54. The molecule has 0 atom stereocenters. The van der Waals surface area contributed by atoms with Crippen molar-refractivity contribution < 1.29 is 5.11 Å². The van der Waals surface area contributed by atoms with E-state index in [4.69, 9.17) is 5.11 Å². The molecule has 2 heteroatoms. The Kier molecular flexibility index (Phi) is 2.05. The third-order valence-corrected chi connectivity index (χ3v) is 1.16. The predicted octanol–water partition coefficient (Wildman–Crippen LogP) is 1.32. The molecule has 0 aliphatic rings. The van der Waals surface area contributed by atoms with Crippen LogP contribution in [0.25, 0.3) is 0 Å². The monoisotopic (exact) mass is 134 g/mol. The molecule has 1 aromatic rings. The summed E-state index contributed by atoms with van der Waals surface area (Å²) in [5, 5.41) is 9.12. The molecule has 1 radical (unpaired) electrons. The van der Waals surface area contributed by atoms with E-state index in [1.54, 1.807) is 6.08 Å². The van der Waals surface area contributed by atoms with E-state index in [2.05, 4.69) is 17.8 Å². The molecule has 0 saturated carbocycles. The van der Waals surface area contributed by atoms with Gasteiger partial charge >= 0.3 is 0 Å². The normalized spacial score (nSPS) is 9.20. The second-order valence-corrected chi connectivity index (χ2v) is 1.91. The minimum Gasteiger partial charge on any atom is -0.508 e. The molecule has 0 spiro atoms. The Hall–Kier alpha value is -1.31. The number of aromatic hydroxyl groups is 1. The first-order valence-corrected chi connectivity index (χ1v) is 3.00. The maximum Gasteiger partial charge on any atom is 0.122 e. The minimum atomic E-state index is 0.231. The molecule has 0 aromatic carbocycles. The van der Waals surface area contributed by atoms with Crippen LogP contribution >= 0.6 is 0 Å². The number of allylic oxidation sites excluding steroid dienone is 1. The third-order valence-electron chi connectivity index (χ3n) is 1.16. The van der Waals surface area contributed by atoms with Gasteiger partial charge in [-0.15, -0.1) is 6.58 Å². The second kappa shape index (κ2) is 3.01. The zero-order valence-corrected chi connectivity index (χ0v) is 5.54. The Morgan fingerprint density at radius 1 is 1.80 bits per heavy atom. The fourth-order valence-electron chi connectivity index (χ4n) is 0.675. The van der Waals surface area contributed by atoms with Crippen LogP contribution in [-0.2, 0) is 6.42 Å².